The molecular formula is C20H19ClN4O3S. The zero-order valence-electron chi connectivity index (χ0n) is 15.5. The Kier molecular flexibility index (Phi) is 6.21. The number of carbonyl (C=O) groups is 1. The van der Waals surface area contributed by atoms with Crippen molar-refractivity contribution in [1.29, 1.82) is 0 Å². The van der Waals surface area contributed by atoms with Gasteiger partial charge in [-0.1, -0.05) is 23.4 Å². The van der Waals surface area contributed by atoms with Crippen LogP contribution in [0.4, 0.5) is 4.79 Å². The van der Waals surface area contributed by atoms with Crippen LogP contribution < -0.4 is 9.47 Å². The third-order valence-corrected chi connectivity index (χ3v) is 5.88. The number of H-pyrrole nitrogens is 1. The minimum Gasteiger partial charge on any atom is -0.439 e. The van der Waals surface area contributed by atoms with E-state index in [4.69, 9.17) is 21.1 Å². The Balaban J connectivity index is 1.26. The number of carbonyl (C=O) groups excluding carboxylic acids is 1. The van der Waals surface area contributed by atoms with Gasteiger partial charge in [-0.05, 0) is 43.2 Å². The Bertz CT molecular complexity index is 927. The van der Waals surface area contributed by atoms with Crippen molar-refractivity contribution in [3.8, 4) is 17.4 Å². The molecule has 1 saturated heterocycles. The molecule has 1 aliphatic rings. The number of aromatic nitrogens is 3. The van der Waals surface area contributed by atoms with Crippen LogP contribution in [-0.2, 0) is 0 Å². The predicted molar refractivity (Wildman–Crippen MR) is 111 cm³/mol. The molecule has 9 heteroatoms. The third kappa shape index (κ3) is 5.42. The Morgan fingerprint density at radius 3 is 2.52 bits per heavy atom. The van der Waals surface area contributed by atoms with E-state index in [0.29, 0.717) is 40.7 Å². The fourth-order valence-corrected chi connectivity index (χ4v) is 4.05. The van der Waals surface area contributed by atoms with Gasteiger partial charge in [0.25, 0.3) is 0 Å². The number of piperidine rings is 1. The zero-order valence-corrected chi connectivity index (χ0v) is 17.0. The number of hydrogen-bond acceptors (Lipinski definition) is 6. The number of nitrogens with one attached hydrogen (secondary N) is 1. The van der Waals surface area contributed by atoms with E-state index in [1.165, 1.54) is 6.20 Å². The lowest BCUT2D eigenvalue weighted by atomic mass is 10.1. The Morgan fingerprint density at radius 1 is 1.10 bits per heavy atom. The summed E-state index contributed by atoms with van der Waals surface area (Å²) in [6.45, 7) is 1.33. The maximum Gasteiger partial charge on any atom is 0.415 e. The standard InChI is InChI=1S/C20H19ClN4O3S/c21-14-1-6-18(24-13-14)27-15-2-4-16(5-3-15)28-20(26)25-11-7-17(8-12-25)29-19-22-9-10-23-19/h1-6,9-10,13,17H,7-8,11-12H2,(H,22,23). The van der Waals surface area contributed by atoms with E-state index in [1.54, 1.807) is 59.3 Å². The van der Waals surface area contributed by atoms with Gasteiger partial charge >= 0.3 is 6.09 Å². The molecule has 29 heavy (non-hydrogen) atoms. The number of likely N-dealkylation sites (tertiary alicyclic amines) is 1. The van der Waals surface area contributed by atoms with E-state index >= 15 is 0 Å². The number of nitrogens with zero attached hydrogens (tertiary/aromatic N) is 3. The van der Waals surface area contributed by atoms with Crippen LogP contribution in [0, 0.1) is 0 Å². The summed E-state index contributed by atoms with van der Waals surface area (Å²) in [4.78, 5) is 25.6. The van der Waals surface area contributed by atoms with Gasteiger partial charge in [-0.25, -0.2) is 14.8 Å². The van der Waals surface area contributed by atoms with Crippen molar-refractivity contribution in [3.63, 3.8) is 0 Å². The van der Waals surface area contributed by atoms with Crippen LogP contribution in [0.2, 0.25) is 5.02 Å². The van der Waals surface area contributed by atoms with Gasteiger partial charge < -0.3 is 19.4 Å². The lowest BCUT2D eigenvalue weighted by molar-refractivity contribution is 0.143. The van der Waals surface area contributed by atoms with E-state index in [2.05, 4.69) is 15.0 Å². The summed E-state index contributed by atoms with van der Waals surface area (Å²) in [7, 11) is 0. The molecule has 4 rings (SSSR count). The number of aromatic amines is 1. The van der Waals surface area contributed by atoms with Crippen molar-refractivity contribution in [2.24, 2.45) is 0 Å². The van der Waals surface area contributed by atoms with Crippen molar-refractivity contribution in [2.45, 2.75) is 23.2 Å². The third-order valence-electron chi connectivity index (χ3n) is 4.40. The van der Waals surface area contributed by atoms with Crippen LogP contribution in [0.5, 0.6) is 17.4 Å². The fraction of sp³-hybridized carbons (Fsp3) is 0.250. The van der Waals surface area contributed by atoms with E-state index < -0.39 is 0 Å². The molecule has 0 atom stereocenters. The van der Waals surface area contributed by atoms with Crippen molar-refractivity contribution >= 4 is 29.5 Å². The lowest BCUT2D eigenvalue weighted by Gasteiger charge is -2.30. The molecule has 7 nitrogen and oxygen atoms in total. The fourth-order valence-electron chi connectivity index (χ4n) is 2.91. The molecule has 1 amide bonds. The quantitative estimate of drug-likeness (QED) is 0.613. The summed E-state index contributed by atoms with van der Waals surface area (Å²) in [6, 6.07) is 10.2. The van der Waals surface area contributed by atoms with Crippen molar-refractivity contribution < 1.29 is 14.3 Å². The zero-order chi connectivity index (χ0) is 20.1. The minimum absolute atomic E-state index is 0.334. The van der Waals surface area contributed by atoms with Gasteiger partial charge in [0.05, 0.1) is 5.02 Å². The van der Waals surface area contributed by atoms with E-state index in [-0.39, 0.29) is 6.09 Å². The second kappa shape index (κ2) is 9.19. The first-order valence-corrected chi connectivity index (χ1v) is 10.4. The lowest BCUT2D eigenvalue weighted by Crippen LogP contribution is -2.40. The molecule has 3 heterocycles. The van der Waals surface area contributed by atoms with Gasteiger partial charge in [-0.15, -0.1) is 0 Å². The highest BCUT2D eigenvalue weighted by Crippen LogP contribution is 2.28. The largest absolute Gasteiger partial charge is 0.439 e. The maximum atomic E-state index is 12.4. The summed E-state index contributed by atoms with van der Waals surface area (Å²) in [5, 5.41) is 1.91. The van der Waals surface area contributed by atoms with Gasteiger partial charge in [-0.3, -0.25) is 0 Å². The number of rotatable bonds is 5. The van der Waals surface area contributed by atoms with Crippen LogP contribution in [0.3, 0.4) is 0 Å². The molecule has 0 spiro atoms. The normalized spacial score (nSPS) is 14.6. The SMILES string of the molecule is O=C(Oc1ccc(Oc2ccc(Cl)cn2)cc1)N1CCC(Sc2ncc[nH]2)CC1. The molecule has 0 aliphatic carbocycles. The molecule has 150 valence electrons. The smallest absolute Gasteiger partial charge is 0.415 e. The number of pyridine rings is 1. The van der Waals surface area contributed by atoms with Crippen LogP contribution in [-0.4, -0.2) is 44.3 Å². The van der Waals surface area contributed by atoms with Gasteiger partial charge in [0.15, 0.2) is 5.16 Å². The highest BCUT2D eigenvalue weighted by Gasteiger charge is 2.25. The molecule has 0 saturated carbocycles. The van der Waals surface area contributed by atoms with Crippen LogP contribution in [0.1, 0.15) is 12.8 Å². The summed E-state index contributed by atoms with van der Waals surface area (Å²) < 4.78 is 11.1. The van der Waals surface area contributed by atoms with E-state index in [0.717, 1.165) is 18.0 Å². The Labute approximate surface area is 177 Å². The number of ether oxygens (including phenoxy) is 2. The first kappa shape index (κ1) is 19.6. The highest BCUT2D eigenvalue weighted by molar-refractivity contribution is 7.99. The number of halogens is 1. The van der Waals surface area contributed by atoms with Crippen molar-refractivity contribution in [2.75, 3.05) is 13.1 Å². The summed E-state index contributed by atoms with van der Waals surface area (Å²) in [5.74, 6) is 1.50. The van der Waals surface area contributed by atoms with E-state index in [1.807, 2.05) is 6.20 Å². The predicted octanol–water partition coefficient (Wildman–Crippen LogP) is 5.01. The van der Waals surface area contributed by atoms with Crippen LogP contribution in [0.25, 0.3) is 0 Å². The Morgan fingerprint density at radius 2 is 1.86 bits per heavy atom. The van der Waals surface area contributed by atoms with Gasteiger partial charge in [0, 0.05) is 43.0 Å². The summed E-state index contributed by atoms with van der Waals surface area (Å²) in [6.07, 6.45) is 6.56. The maximum absolute atomic E-state index is 12.4. The first-order chi connectivity index (χ1) is 14.2. The molecule has 1 aromatic carbocycles. The van der Waals surface area contributed by atoms with Crippen molar-refractivity contribution in [3.05, 3.63) is 60.0 Å². The number of amides is 1. The molecule has 1 fully saturated rings. The second-order valence-electron chi connectivity index (χ2n) is 6.45. The van der Waals surface area contributed by atoms with Gasteiger partial charge in [0.2, 0.25) is 5.88 Å². The molecule has 1 aliphatic heterocycles. The number of hydrogen-bond donors (Lipinski definition) is 1. The van der Waals surface area contributed by atoms with Crippen LogP contribution >= 0.6 is 23.4 Å². The number of thioether (sulfide) groups is 1. The topological polar surface area (TPSA) is 80.3 Å². The minimum atomic E-state index is -0.334. The van der Waals surface area contributed by atoms with Crippen LogP contribution in [0.15, 0.2) is 60.1 Å². The summed E-state index contributed by atoms with van der Waals surface area (Å²) >= 11 is 7.53. The molecule has 0 bridgehead atoms. The average Bonchev–Trinajstić information content (AvgIpc) is 3.25. The molecule has 0 unspecified atom stereocenters. The molecular weight excluding hydrogens is 412 g/mol. The highest BCUT2D eigenvalue weighted by atomic mass is 35.5. The monoisotopic (exact) mass is 430 g/mol. The molecule has 2 aromatic heterocycles. The van der Waals surface area contributed by atoms with Crippen molar-refractivity contribution in [1.82, 2.24) is 19.9 Å². The molecule has 0 radical (unpaired) electrons. The summed E-state index contributed by atoms with van der Waals surface area (Å²) in [5.41, 5.74) is 0. The molecule has 1 N–H and O–H groups in total. The number of imidazole rings is 1. The second-order valence-corrected chi connectivity index (χ2v) is 8.18. The Hall–Kier alpha value is -2.71. The average molecular weight is 431 g/mol. The van der Waals surface area contributed by atoms with Gasteiger partial charge in [-0.2, -0.15) is 0 Å². The van der Waals surface area contributed by atoms with E-state index in [9.17, 15) is 4.79 Å². The molecule has 3 aromatic rings. The van der Waals surface area contributed by atoms with Gasteiger partial charge in [0.1, 0.15) is 11.5 Å². The number of benzene rings is 1. The first-order valence-electron chi connectivity index (χ1n) is 9.18.